The van der Waals surface area contributed by atoms with Gasteiger partial charge in [-0.3, -0.25) is 0 Å². The second-order valence-electron chi connectivity index (χ2n) is 6.21. The van der Waals surface area contributed by atoms with Gasteiger partial charge in [-0.15, -0.1) is 0 Å². The molecule has 0 radical (unpaired) electrons. The van der Waals surface area contributed by atoms with Gasteiger partial charge in [0.2, 0.25) is 5.95 Å². The predicted molar refractivity (Wildman–Crippen MR) is 103 cm³/mol. The highest BCUT2D eigenvalue weighted by atomic mass is 15.3. The molecule has 0 aliphatic heterocycles. The number of pyridine rings is 1. The minimum atomic E-state index is 0.452. The molecule has 7 nitrogen and oxygen atoms in total. The molecule has 134 valence electrons. The van der Waals surface area contributed by atoms with E-state index in [4.69, 9.17) is 5.10 Å². The Morgan fingerprint density at radius 1 is 0.963 bits per heavy atom. The third kappa shape index (κ3) is 3.67. The van der Waals surface area contributed by atoms with Gasteiger partial charge in [0, 0.05) is 29.9 Å². The third-order valence-electron chi connectivity index (χ3n) is 4.39. The highest BCUT2D eigenvalue weighted by Crippen LogP contribution is 2.22. The first-order valence-corrected chi connectivity index (χ1v) is 8.65. The lowest BCUT2D eigenvalue weighted by Gasteiger charge is -2.08. The summed E-state index contributed by atoms with van der Waals surface area (Å²) in [6, 6.07) is 14.3. The van der Waals surface area contributed by atoms with Crippen molar-refractivity contribution in [3.05, 3.63) is 83.8 Å². The molecule has 0 atom stereocenters. The SMILES string of the molecule is Cc1nn(-c2ccnc(Nc3ncncn3)c2)c(C)c1Cc1ccccc1. The van der Waals surface area contributed by atoms with Crippen LogP contribution in [-0.4, -0.2) is 29.7 Å². The molecule has 4 rings (SSSR count). The van der Waals surface area contributed by atoms with Crippen molar-refractivity contribution in [2.24, 2.45) is 0 Å². The number of rotatable bonds is 5. The van der Waals surface area contributed by atoms with Crippen LogP contribution in [0.4, 0.5) is 11.8 Å². The number of aromatic nitrogens is 6. The zero-order valence-electron chi connectivity index (χ0n) is 15.2. The van der Waals surface area contributed by atoms with Crippen LogP contribution in [0, 0.1) is 13.8 Å². The molecule has 4 aromatic rings. The highest BCUT2D eigenvalue weighted by molar-refractivity contribution is 5.52. The lowest BCUT2D eigenvalue weighted by Crippen LogP contribution is -2.03. The third-order valence-corrected chi connectivity index (χ3v) is 4.39. The van der Waals surface area contributed by atoms with Crippen molar-refractivity contribution in [1.29, 1.82) is 0 Å². The molecule has 0 spiro atoms. The Morgan fingerprint density at radius 3 is 2.52 bits per heavy atom. The van der Waals surface area contributed by atoms with Crippen LogP contribution in [0.1, 0.15) is 22.5 Å². The Balaban J connectivity index is 1.64. The minimum Gasteiger partial charge on any atom is -0.309 e. The van der Waals surface area contributed by atoms with E-state index in [0.29, 0.717) is 11.8 Å². The van der Waals surface area contributed by atoms with Gasteiger partial charge < -0.3 is 5.32 Å². The molecule has 1 aromatic carbocycles. The van der Waals surface area contributed by atoms with E-state index in [2.05, 4.69) is 56.4 Å². The van der Waals surface area contributed by atoms with Gasteiger partial charge in [0.15, 0.2) is 0 Å². The molecule has 0 saturated heterocycles. The smallest absolute Gasteiger partial charge is 0.231 e. The molecule has 0 unspecified atom stereocenters. The number of benzene rings is 1. The quantitative estimate of drug-likeness (QED) is 0.589. The first kappa shape index (κ1) is 16.8. The van der Waals surface area contributed by atoms with Crippen LogP contribution < -0.4 is 5.32 Å². The van der Waals surface area contributed by atoms with Crippen molar-refractivity contribution in [3.8, 4) is 5.69 Å². The van der Waals surface area contributed by atoms with E-state index in [9.17, 15) is 0 Å². The van der Waals surface area contributed by atoms with Crippen molar-refractivity contribution in [1.82, 2.24) is 29.7 Å². The Labute approximate surface area is 157 Å². The maximum absolute atomic E-state index is 4.74. The molecule has 0 bridgehead atoms. The van der Waals surface area contributed by atoms with Crippen molar-refractivity contribution in [2.75, 3.05) is 5.32 Å². The molecule has 0 aliphatic rings. The Morgan fingerprint density at radius 2 is 1.74 bits per heavy atom. The molecule has 1 N–H and O–H groups in total. The maximum atomic E-state index is 4.74. The fourth-order valence-corrected chi connectivity index (χ4v) is 3.02. The second-order valence-corrected chi connectivity index (χ2v) is 6.21. The fourth-order valence-electron chi connectivity index (χ4n) is 3.02. The van der Waals surface area contributed by atoms with Crippen LogP contribution >= 0.6 is 0 Å². The molecule has 27 heavy (non-hydrogen) atoms. The van der Waals surface area contributed by atoms with Gasteiger partial charge >= 0.3 is 0 Å². The first-order valence-electron chi connectivity index (χ1n) is 8.65. The zero-order valence-corrected chi connectivity index (χ0v) is 15.2. The summed E-state index contributed by atoms with van der Waals surface area (Å²) in [4.78, 5) is 16.3. The number of nitrogens with one attached hydrogen (secondary N) is 1. The van der Waals surface area contributed by atoms with Gasteiger partial charge in [-0.25, -0.2) is 24.6 Å². The van der Waals surface area contributed by atoms with Crippen molar-refractivity contribution in [3.63, 3.8) is 0 Å². The number of hydrogen-bond donors (Lipinski definition) is 1. The Kier molecular flexibility index (Phi) is 4.57. The molecular formula is C20H19N7. The molecule has 0 fully saturated rings. The van der Waals surface area contributed by atoms with Crippen molar-refractivity contribution >= 4 is 11.8 Å². The Bertz CT molecular complexity index is 1040. The summed E-state index contributed by atoms with van der Waals surface area (Å²) < 4.78 is 1.95. The molecular weight excluding hydrogens is 338 g/mol. The van der Waals surface area contributed by atoms with E-state index >= 15 is 0 Å². The van der Waals surface area contributed by atoms with Gasteiger partial charge in [-0.1, -0.05) is 30.3 Å². The Hall–Kier alpha value is -3.61. The number of hydrogen-bond acceptors (Lipinski definition) is 6. The van der Waals surface area contributed by atoms with Gasteiger partial charge in [0.25, 0.3) is 0 Å². The van der Waals surface area contributed by atoms with E-state index in [-0.39, 0.29) is 0 Å². The topological polar surface area (TPSA) is 81.4 Å². The number of aryl methyl sites for hydroxylation is 1. The second kappa shape index (κ2) is 7.33. The van der Waals surface area contributed by atoms with E-state index < -0.39 is 0 Å². The van der Waals surface area contributed by atoms with Gasteiger partial charge in [0.05, 0.1) is 11.4 Å². The monoisotopic (exact) mass is 357 g/mol. The van der Waals surface area contributed by atoms with Gasteiger partial charge in [-0.2, -0.15) is 5.10 Å². The lowest BCUT2D eigenvalue weighted by atomic mass is 10.0. The van der Waals surface area contributed by atoms with Crippen LogP contribution in [0.15, 0.2) is 61.3 Å². The minimum absolute atomic E-state index is 0.452. The summed E-state index contributed by atoms with van der Waals surface area (Å²) in [5.41, 5.74) is 5.59. The lowest BCUT2D eigenvalue weighted by molar-refractivity contribution is 0.831. The summed E-state index contributed by atoms with van der Waals surface area (Å²) in [5, 5.41) is 7.82. The number of anilines is 2. The van der Waals surface area contributed by atoms with E-state index in [0.717, 1.165) is 23.5 Å². The van der Waals surface area contributed by atoms with E-state index in [1.54, 1.807) is 6.20 Å². The molecule has 3 heterocycles. The summed E-state index contributed by atoms with van der Waals surface area (Å²) in [6.45, 7) is 4.14. The maximum Gasteiger partial charge on any atom is 0.231 e. The van der Waals surface area contributed by atoms with Crippen molar-refractivity contribution < 1.29 is 0 Å². The summed E-state index contributed by atoms with van der Waals surface area (Å²) >= 11 is 0. The first-order chi connectivity index (χ1) is 13.2. The molecule has 0 saturated carbocycles. The van der Waals surface area contributed by atoms with Crippen LogP contribution in [0.3, 0.4) is 0 Å². The molecule has 3 aromatic heterocycles. The van der Waals surface area contributed by atoms with E-state index in [1.165, 1.54) is 23.8 Å². The summed E-state index contributed by atoms with van der Waals surface area (Å²) in [7, 11) is 0. The standard InChI is InChI=1S/C20H19N7/c1-14-18(10-16-6-4-3-5-7-16)15(2)27(26-14)17-8-9-22-19(11-17)25-20-23-12-21-13-24-20/h3-9,11-13H,10H2,1-2H3,(H,21,22,23,24,25). The average Bonchev–Trinajstić information content (AvgIpc) is 2.98. The van der Waals surface area contributed by atoms with Gasteiger partial charge in [0.1, 0.15) is 18.5 Å². The average molecular weight is 357 g/mol. The highest BCUT2D eigenvalue weighted by Gasteiger charge is 2.14. The number of nitrogens with zero attached hydrogens (tertiary/aromatic N) is 6. The normalized spacial score (nSPS) is 10.7. The van der Waals surface area contributed by atoms with Gasteiger partial charge in [-0.05, 0) is 25.5 Å². The largest absolute Gasteiger partial charge is 0.309 e. The molecule has 0 amide bonds. The molecule has 0 aliphatic carbocycles. The van der Waals surface area contributed by atoms with Crippen molar-refractivity contribution in [2.45, 2.75) is 20.3 Å². The fraction of sp³-hybridized carbons (Fsp3) is 0.150. The van der Waals surface area contributed by atoms with E-state index in [1.807, 2.05) is 29.8 Å². The zero-order chi connectivity index (χ0) is 18.6. The van der Waals surface area contributed by atoms with Crippen LogP contribution in [0.2, 0.25) is 0 Å². The summed E-state index contributed by atoms with van der Waals surface area (Å²) in [6.07, 6.45) is 5.48. The van der Waals surface area contributed by atoms with Crippen LogP contribution in [0.25, 0.3) is 5.69 Å². The summed E-state index contributed by atoms with van der Waals surface area (Å²) in [5.74, 6) is 1.10. The van der Waals surface area contributed by atoms with Crippen LogP contribution in [0.5, 0.6) is 0 Å². The molecule has 7 heteroatoms. The predicted octanol–water partition coefficient (Wildman–Crippen LogP) is 3.40. The van der Waals surface area contributed by atoms with Crippen LogP contribution in [-0.2, 0) is 6.42 Å².